The molecule has 3 aromatic rings. The molecule has 7 heteroatoms. The maximum Gasteiger partial charge on any atom is 0.147 e. The van der Waals surface area contributed by atoms with E-state index in [0.717, 1.165) is 34.8 Å². The van der Waals surface area contributed by atoms with Gasteiger partial charge in [0.1, 0.15) is 24.3 Å². The molecule has 0 unspecified atom stereocenters. The van der Waals surface area contributed by atoms with E-state index in [1.807, 2.05) is 0 Å². The SMILES string of the molecule is Cc1csc2c(NCCc3ncn[nH]3)ncnc12. The Hall–Kier alpha value is -2.02. The van der Waals surface area contributed by atoms with Gasteiger partial charge in [0.2, 0.25) is 0 Å². The molecule has 18 heavy (non-hydrogen) atoms. The standard InChI is InChI=1S/C11H12N6S/c1-7-4-18-10-9(7)14-5-15-11(10)12-3-2-8-13-6-16-17-8/h4-6H,2-3H2,1H3,(H,12,14,15)(H,13,16,17). The van der Waals surface area contributed by atoms with E-state index < -0.39 is 0 Å². The molecule has 0 fully saturated rings. The van der Waals surface area contributed by atoms with Crippen LogP contribution >= 0.6 is 11.3 Å². The van der Waals surface area contributed by atoms with Crippen LogP contribution < -0.4 is 5.32 Å². The number of fused-ring (bicyclic) bond motifs is 1. The molecule has 3 heterocycles. The van der Waals surface area contributed by atoms with Crippen LogP contribution in [0.3, 0.4) is 0 Å². The van der Waals surface area contributed by atoms with Crippen molar-refractivity contribution in [3.05, 3.63) is 29.4 Å². The number of hydrogen-bond acceptors (Lipinski definition) is 6. The number of hydrogen-bond donors (Lipinski definition) is 2. The first kappa shape index (κ1) is 11.1. The molecule has 0 atom stereocenters. The lowest BCUT2D eigenvalue weighted by atomic mass is 10.3. The largest absolute Gasteiger partial charge is 0.368 e. The first-order valence-corrected chi connectivity index (χ1v) is 6.49. The fourth-order valence-corrected chi connectivity index (χ4v) is 2.71. The highest BCUT2D eigenvalue weighted by Gasteiger charge is 2.07. The molecule has 0 spiro atoms. The Morgan fingerprint density at radius 3 is 3.06 bits per heavy atom. The minimum Gasteiger partial charge on any atom is -0.368 e. The first-order chi connectivity index (χ1) is 8.84. The number of aromatic amines is 1. The molecule has 2 N–H and O–H groups in total. The Labute approximate surface area is 108 Å². The average Bonchev–Trinajstić information content (AvgIpc) is 3.01. The second-order valence-electron chi connectivity index (χ2n) is 3.93. The third-order valence-corrected chi connectivity index (χ3v) is 3.74. The summed E-state index contributed by atoms with van der Waals surface area (Å²) in [6.07, 6.45) is 3.90. The van der Waals surface area contributed by atoms with Crippen molar-refractivity contribution in [3.8, 4) is 0 Å². The average molecular weight is 260 g/mol. The van der Waals surface area contributed by atoms with E-state index in [2.05, 4.69) is 42.8 Å². The summed E-state index contributed by atoms with van der Waals surface area (Å²) in [4.78, 5) is 12.6. The van der Waals surface area contributed by atoms with Crippen LogP contribution in [0, 0.1) is 6.92 Å². The van der Waals surface area contributed by atoms with E-state index in [4.69, 9.17) is 0 Å². The number of nitrogens with zero attached hydrogens (tertiary/aromatic N) is 4. The zero-order valence-electron chi connectivity index (χ0n) is 9.84. The number of anilines is 1. The summed E-state index contributed by atoms with van der Waals surface area (Å²) >= 11 is 1.67. The van der Waals surface area contributed by atoms with Crippen LogP contribution in [0.15, 0.2) is 18.0 Å². The van der Waals surface area contributed by atoms with Gasteiger partial charge in [0.05, 0.1) is 10.2 Å². The van der Waals surface area contributed by atoms with Gasteiger partial charge >= 0.3 is 0 Å². The van der Waals surface area contributed by atoms with Crippen molar-refractivity contribution in [1.29, 1.82) is 0 Å². The topological polar surface area (TPSA) is 79.4 Å². The highest BCUT2D eigenvalue weighted by atomic mass is 32.1. The van der Waals surface area contributed by atoms with Crippen molar-refractivity contribution in [1.82, 2.24) is 25.1 Å². The van der Waals surface area contributed by atoms with Crippen LogP contribution in [0.25, 0.3) is 10.2 Å². The van der Waals surface area contributed by atoms with Crippen LogP contribution in [-0.4, -0.2) is 31.7 Å². The number of nitrogens with one attached hydrogen (secondary N) is 2. The second kappa shape index (κ2) is 4.69. The van der Waals surface area contributed by atoms with E-state index in [0.29, 0.717) is 0 Å². The Kier molecular flexibility index (Phi) is 2.89. The molecule has 0 saturated heterocycles. The summed E-state index contributed by atoms with van der Waals surface area (Å²) in [6.45, 7) is 2.82. The van der Waals surface area contributed by atoms with Gasteiger partial charge in [-0.1, -0.05) is 0 Å². The summed E-state index contributed by atoms with van der Waals surface area (Å²) in [6, 6.07) is 0. The van der Waals surface area contributed by atoms with Crippen LogP contribution in [-0.2, 0) is 6.42 Å². The van der Waals surface area contributed by atoms with Crippen molar-refractivity contribution >= 4 is 27.4 Å². The third-order valence-electron chi connectivity index (χ3n) is 2.65. The molecule has 0 amide bonds. The van der Waals surface area contributed by atoms with Gasteiger partial charge in [0.15, 0.2) is 0 Å². The van der Waals surface area contributed by atoms with Crippen molar-refractivity contribution < 1.29 is 0 Å². The fourth-order valence-electron chi connectivity index (χ4n) is 1.75. The van der Waals surface area contributed by atoms with Crippen molar-refractivity contribution in [2.45, 2.75) is 13.3 Å². The highest BCUT2D eigenvalue weighted by Crippen LogP contribution is 2.28. The maximum atomic E-state index is 4.29. The maximum absolute atomic E-state index is 4.29. The van der Waals surface area contributed by atoms with E-state index in [1.54, 1.807) is 17.7 Å². The van der Waals surface area contributed by atoms with Gasteiger partial charge in [0, 0.05) is 13.0 Å². The molecule has 6 nitrogen and oxygen atoms in total. The van der Waals surface area contributed by atoms with Crippen molar-refractivity contribution in [2.75, 3.05) is 11.9 Å². The molecule has 0 aliphatic rings. The summed E-state index contributed by atoms with van der Waals surface area (Å²) in [5, 5.41) is 12.1. The minimum atomic E-state index is 0.762. The summed E-state index contributed by atoms with van der Waals surface area (Å²) in [5.41, 5.74) is 2.22. The zero-order chi connectivity index (χ0) is 12.4. The molecule has 0 saturated carbocycles. The predicted molar refractivity (Wildman–Crippen MR) is 70.7 cm³/mol. The molecule has 0 bridgehead atoms. The van der Waals surface area contributed by atoms with Crippen molar-refractivity contribution in [3.63, 3.8) is 0 Å². The second-order valence-corrected chi connectivity index (χ2v) is 4.81. The van der Waals surface area contributed by atoms with Crippen LogP contribution in [0.1, 0.15) is 11.4 Å². The van der Waals surface area contributed by atoms with Gasteiger partial charge in [-0.15, -0.1) is 11.3 Å². The molecule has 3 rings (SSSR count). The Morgan fingerprint density at radius 1 is 1.28 bits per heavy atom. The summed E-state index contributed by atoms with van der Waals surface area (Å²) in [5.74, 6) is 1.76. The minimum absolute atomic E-state index is 0.762. The van der Waals surface area contributed by atoms with Crippen LogP contribution in [0.4, 0.5) is 5.82 Å². The van der Waals surface area contributed by atoms with Crippen molar-refractivity contribution in [2.24, 2.45) is 0 Å². The molecule has 92 valence electrons. The third kappa shape index (κ3) is 2.04. The van der Waals surface area contributed by atoms with E-state index in [1.165, 1.54) is 11.9 Å². The molecular weight excluding hydrogens is 248 g/mol. The number of aryl methyl sites for hydroxylation is 1. The quantitative estimate of drug-likeness (QED) is 0.747. The lowest BCUT2D eigenvalue weighted by Gasteiger charge is -2.04. The number of thiophene rings is 1. The van der Waals surface area contributed by atoms with Gasteiger partial charge in [-0.3, -0.25) is 5.10 Å². The van der Waals surface area contributed by atoms with Gasteiger partial charge in [-0.25, -0.2) is 15.0 Å². The monoisotopic (exact) mass is 260 g/mol. The van der Waals surface area contributed by atoms with E-state index in [-0.39, 0.29) is 0 Å². The smallest absolute Gasteiger partial charge is 0.147 e. The lowest BCUT2D eigenvalue weighted by molar-refractivity contribution is 0.898. The molecular formula is C11H12N6S. The summed E-state index contributed by atoms with van der Waals surface area (Å²) in [7, 11) is 0. The van der Waals surface area contributed by atoms with E-state index in [9.17, 15) is 0 Å². The predicted octanol–water partition coefficient (Wildman–Crippen LogP) is 1.77. The molecule has 0 aliphatic carbocycles. The highest BCUT2D eigenvalue weighted by molar-refractivity contribution is 7.18. The fraction of sp³-hybridized carbons (Fsp3) is 0.273. The molecule has 0 radical (unpaired) electrons. The summed E-state index contributed by atoms with van der Waals surface area (Å²) < 4.78 is 1.10. The molecule has 0 aromatic carbocycles. The van der Waals surface area contributed by atoms with Crippen LogP contribution in [0.5, 0.6) is 0 Å². The van der Waals surface area contributed by atoms with Gasteiger partial charge in [-0.05, 0) is 17.9 Å². The normalized spacial score (nSPS) is 10.9. The number of aromatic nitrogens is 5. The number of H-pyrrole nitrogens is 1. The Morgan fingerprint density at radius 2 is 2.22 bits per heavy atom. The molecule has 0 aliphatic heterocycles. The number of rotatable bonds is 4. The van der Waals surface area contributed by atoms with Gasteiger partial charge < -0.3 is 5.32 Å². The molecule has 3 aromatic heterocycles. The Bertz CT molecular complexity index is 645. The first-order valence-electron chi connectivity index (χ1n) is 5.61. The zero-order valence-corrected chi connectivity index (χ0v) is 10.7. The van der Waals surface area contributed by atoms with E-state index >= 15 is 0 Å². The van der Waals surface area contributed by atoms with Crippen LogP contribution in [0.2, 0.25) is 0 Å². The Balaban J connectivity index is 1.74. The van der Waals surface area contributed by atoms with Gasteiger partial charge in [0.25, 0.3) is 0 Å². The van der Waals surface area contributed by atoms with Gasteiger partial charge in [-0.2, -0.15) is 5.10 Å². The lowest BCUT2D eigenvalue weighted by Crippen LogP contribution is -2.07.